The summed E-state index contributed by atoms with van der Waals surface area (Å²) < 4.78 is 0.591. The van der Waals surface area contributed by atoms with Crippen LogP contribution in [0.2, 0.25) is 0 Å². The highest BCUT2D eigenvalue weighted by Crippen LogP contribution is 2.15. The molecule has 8 heteroatoms. The molecule has 0 fully saturated rings. The van der Waals surface area contributed by atoms with E-state index in [1.54, 1.807) is 25.2 Å². The Hall–Kier alpha value is -2.74. The summed E-state index contributed by atoms with van der Waals surface area (Å²) in [5.41, 5.74) is 2.82. The van der Waals surface area contributed by atoms with E-state index < -0.39 is 0 Å². The molecule has 2 amide bonds. The molecule has 3 aromatic rings. The number of urea groups is 1. The lowest BCUT2D eigenvalue weighted by Gasteiger charge is -2.17. The van der Waals surface area contributed by atoms with Crippen LogP contribution in [-0.4, -0.2) is 32.9 Å². The minimum Gasteiger partial charge on any atom is -0.320 e. The molecule has 0 spiro atoms. The minimum atomic E-state index is -0.284. The van der Waals surface area contributed by atoms with Crippen molar-refractivity contribution in [3.05, 3.63) is 51.1 Å². The van der Waals surface area contributed by atoms with Gasteiger partial charge in [0.2, 0.25) is 0 Å². The van der Waals surface area contributed by atoms with Crippen molar-refractivity contribution in [3.8, 4) is 0 Å². The second-order valence-electron chi connectivity index (χ2n) is 5.57. The van der Waals surface area contributed by atoms with Crippen molar-refractivity contribution in [3.63, 3.8) is 0 Å². The molecule has 0 saturated carbocycles. The van der Waals surface area contributed by atoms with Crippen LogP contribution in [0.4, 0.5) is 10.5 Å². The van der Waals surface area contributed by atoms with Gasteiger partial charge in [-0.2, -0.15) is 0 Å². The summed E-state index contributed by atoms with van der Waals surface area (Å²) in [5, 5.41) is 4.64. The van der Waals surface area contributed by atoms with Crippen LogP contribution in [0.5, 0.6) is 0 Å². The van der Waals surface area contributed by atoms with E-state index in [0.29, 0.717) is 21.7 Å². The molecule has 0 radical (unpaired) electrons. The van der Waals surface area contributed by atoms with Crippen LogP contribution in [-0.2, 0) is 6.54 Å². The normalized spacial score (nSPS) is 10.8. The van der Waals surface area contributed by atoms with E-state index in [1.165, 1.54) is 16.2 Å². The zero-order valence-corrected chi connectivity index (χ0v) is 14.4. The van der Waals surface area contributed by atoms with Gasteiger partial charge < -0.3 is 15.2 Å². The lowest BCUT2D eigenvalue weighted by molar-refractivity contribution is 0.219. The molecule has 3 rings (SSSR count). The fourth-order valence-electron chi connectivity index (χ4n) is 2.42. The number of rotatable bonds is 3. The fraction of sp³-hybridized carbons (Fsp3) is 0.250. The van der Waals surface area contributed by atoms with Gasteiger partial charge in [0.25, 0.3) is 5.56 Å². The number of nitrogens with zero attached hydrogens (tertiary/aromatic N) is 3. The Morgan fingerprint density at radius 1 is 1.29 bits per heavy atom. The predicted octanol–water partition coefficient (Wildman–Crippen LogP) is 2.66. The third kappa shape index (κ3) is 3.43. The number of aromatic amines is 1. The van der Waals surface area contributed by atoms with Gasteiger partial charge in [-0.25, -0.2) is 9.78 Å². The lowest BCUT2D eigenvalue weighted by Crippen LogP contribution is -2.32. The Balaban J connectivity index is 1.74. The second kappa shape index (κ2) is 6.40. The van der Waals surface area contributed by atoms with Crippen molar-refractivity contribution in [2.75, 3.05) is 12.4 Å². The molecule has 3 heterocycles. The molecule has 0 saturated heterocycles. The first-order valence-corrected chi connectivity index (χ1v) is 8.24. The third-order valence-electron chi connectivity index (χ3n) is 3.43. The molecule has 24 heavy (non-hydrogen) atoms. The molecule has 124 valence electrons. The van der Waals surface area contributed by atoms with Crippen LogP contribution in [0.3, 0.4) is 0 Å². The zero-order chi connectivity index (χ0) is 17.3. The number of hydrogen-bond acceptors (Lipinski definition) is 5. The number of carbonyl (C=O) groups excluding carboxylic acids is 1. The van der Waals surface area contributed by atoms with Crippen molar-refractivity contribution < 1.29 is 4.79 Å². The molecule has 0 unspecified atom stereocenters. The Morgan fingerprint density at radius 3 is 2.71 bits per heavy atom. The van der Waals surface area contributed by atoms with E-state index in [1.807, 2.05) is 19.2 Å². The number of nitrogens with one attached hydrogen (secondary N) is 2. The Kier molecular flexibility index (Phi) is 4.30. The quantitative estimate of drug-likeness (QED) is 0.765. The van der Waals surface area contributed by atoms with Crippen LogP contribution in [0, 0.1) is 13.8 Å². The van der Waals surface area contributed by atoms with Crippen molar-refractivity contribution in [2.24, 2.45) is 0 Å². The van der Waals surface area contributed by atoms with E-state index in [2.05, 4.69) is 20.3 Å². The van der Waals surface area contributed by atoms with Crippen molar-refractivity contribution in [1.29, 1.82) is 0 Å². The van der Waals surface area contributed by atoms with Gasteiger partial charge in [0.05, 0.1) is 12.1 Å². The van der Waals surface area contributed by atoms with Crippen LogP contribution in [0.15, 0.2) is 28.4 Å². The number of anilines is 1. The molecule has 7 nitrogen and oxygen atoms in total. The number of fused-ring (bicyclic) bond motifs is 1. The van der Waals surface area contributed by atoms with Gasteiger partial charge in [-0.15, -0.1) is 11.3 Å². The third-order valence-corrected chi connectivity index (χ3v) is 4.33. The topological polar surface area (TPSA) is 91.0 Å². The van der Waals surface area contributed by atoms with Crippen LogP contribution in [0.25, 0.3) is 10.2 Å². The number of aryl methyl sites for hydroxylation is 2. The average Bonchev–Trinajstić information content (AvgIpc) is 2.94. The summed E-state index contributed by atoms with van der Waals surface area (Å²) in [6, 6.07) is 5.11. The van der Waals surface area contributed by atoms with Gasteiger partial charge >= 0.3 is 6.03 Å². The van der Waals surface area contributed by atoms with E-state index in [-0.39, 0.29) is 18.1 Å². The van der Waals surface area contributed by atoms with Crippen molar-refractivity contribution in [1.82, 2.24) is 19.9 Å². The number of H-pyrrole nitrogens is 1. The van der Waals surface area contributed by atoms with Gasteiger partial charge in [-0.05, 0) is 37.4 Å². The highest BCUT2D eigenvalue weighted by atomic mass is 32.1. The monoisotopic (exact) mass is 343 g/mol. The summed E-state index contributed by atoms with van der Waals surface area (Å²) in [7, 11) is 1.65. The zero-order valence-electron chi connectivity index (χ0n) is 13.6. The summed E-state index contributed by atoms with van der Waals surface area (Å²) in [6.45, 7) is 3.95. The predicted molar refractivity (Wildman–Crippen MR) is 94.4 cm³/mol. The molecule has 0 aliphatic carbocycles. The Labute approximate surface area is 142 Å². The molecule has 2 N–H and O–H groups in total. The Bertz CT molecular complexity index is 942. The first-order chi connectivity index (χ1) is 11.4. The maximum absolute atomic E-state index is 12.3. The molecule has 0 atom stereocenters. The molecule has 0 aromatic carbocycles. The molecule has 0 aliphatic heterocycles. The van der Waals surface area contributed by atoms with Crippen LogP contribution in [0.1, 0.15) is 17.2 Å². The van der Waals surface area contributed by atoms with Gasteiger partial charge in [-0.1, -0.05) is 0 Å². The van der Waals surface area contributed by atoms with E-state index in [4.69, 9.17) is 0 Å². The van der Waals surface area contributed by atoms with Gasteiger partial charge in [-0.3, -0.25) is 9.78 Å². The van der Waals surface area contributed by atoms with Crippen molar-refractivity contribution >= 4 is 33.3 Å². The highest BCUT2D eigenvalue weighted by molar-refractivity contribution is 7.17. The largest absolute Gasteiger partial charge is 0.321 e. The lowest BCUT2D eigenvalue weighted by atomic mass is 10.3. The molecular weight excluding hydrogens is 326 g/mol. The van der Waals surface area contributed by atoms with E-state index in [9.17, 15) is 9.59 Å². The number of hydrogen-bond donors (Lipinski definition) is 2. The first-order valence-electron chi connectivity index (χ1n) is 7.36. The maximum atomic E-state index is 12.3. The number of thiophene rings is 1. The summed E-state index contributed by atoms with van der Waals surface area (Å²) in [5.74, 6) is 0.450. The summed E-state index contributed by atoms with van der Waals surface area (Å²) >= 11 is 1.35. The number of amides is 2. The molecule has 0 aliphatic rings. The van der Waals surface area contributed by atoms with Gasteiger partial charge in [0, 0.05) is 24.1 Å². The standard InChI is InChI=1S/C16H17N5O2S/c1-9-6-11(7-10(2)17-9)18-16(23)21(3)8-13-19-12-4-5-24-14(12)15(22)20-13/h4-7H,8H2,1-3H3,(H,17,18,23)(H,19,20,22). The smallest absolute Gasteiger partial charge is 0.320 e. The molecule has 0 bridgehead atoms. The maximum Gasteiger partial charge on any atom is 0.321 e. The van der Waals surface area contributed by atoms with Gasteiger partial charge in [0.1, 0.15) is 10.5 Å². The fourth-order valence-corrected chi connectivity index (χ4v) is 3.14. The average molecular weight is 343 g/mol. The van der Waals surface area contributed by atoms with Crippen LogP contribution < -0.4 is 10.9 Å². The van der Waals surface area contributed by atoms with Gasteiger partial charge in [0.15, 0.2) is 0 Å². The number of aromatic nitrogens is 3. The van der Waals surface area contributed by atoms with E-state index in [0.717, 1.165) is 11.4 Å². The Morgan fingerprint density at radius 2 is 2.00 bits per heavy atom. The summed E-state index contributed by atoms with van der Waals surface area (Å²) in [4.78, 5) is 37.1. The SMILES string of the molecule is Cc1cc(NC(=O)N(C)Cc2nc3ccsc3c(=O)[nH]2)cc(C)n1. The van der Waals surface area contributed by atoms with Crippen molar-refractivity contribution in [2.45, 2.75) is 20.4 Å². The minimum absolute atomic E-state index is 0.181. The van der Waals surface area contributed by atoms with E-state index >= 15 is 0 Å². The molecular formula is C16H17N5O2S. The number of carbonyl (C=O) groups is 1. The molecule has 3 aromatic heterocycles. The number of pyridine rings is 1. The second-order valence-corrected chi connectivity index (χ2v) is 6.49. The first kappa shape index (κ1) is 16.1. The van der Waals surface area contributed by atoms with Crippen LogP contribution >= 0.6 is 11.3 Å². The summed E-state index contributed by atoms with van der Waals surface area (Å²) in [6.07, 6.45) is 0. The highest BCUT2D eigenvalue weighted by Gasteiger charge is 2.13.